The molecular weight excluding hydrogens is 466 g/mol. The molecule has 0 aliphatic heterocycles. The molecule has 0 aliphatic rings. The summed E-state index contributed by atoms with van der Waals surface area (Å²) in [6.45, 7) is 1.25. The van der Waals surface area contributed by atoms with Crippen LogP contribution in [0.1, 0.15) is 12.5 Å². The van der Waals surface area contributed by atoms with Gasteiger partial charge < -0.3 is 15.0 Å². The number of hydrogen-bond donors (Lipinski definition) is 1. The SMILES string of the molecule is CNC(=O)[C@@H](C)N(Cc1ccc(OC)cc1)C(=O)CN(c1ccccc1)S(=O)(=O)c1ccccc1. The lowest BCUT2D eigenvalue weighted by atomic mass is 10.1. The Bertz CT molecular complexity index is 1230. The van der Waals surface area contributed by atoms with Crippen LogP contribution in [0.3, 0.4) is 0 Å². The lowest BCUT2D eigenvalue weighted by molar-refractivity contribution is -0.139. The number of nitrogens with zero attached hydrogens (tertiary/aromatic N) is 2. The number of methoxy groups -OCH3 is 1. The van der Waals surface area contributed by atoms with Gasteiger partial charge in [-0.25, -0.2) is 8.42 Å². The highest BCUT2D eigenvalue weighted by atomic mass is 32.2. The van der Waals surface area contributed by atoms with Crippen molar-refractivity contribution in [2.45, 2.75) is 24.4 Å². The number of benzene rings is 3. The minimum Gasteiger partial charge on any atom is -0.497 e. The van der Waals surface area contributed by atoms with E-state index in [0.29, 0.717) is 11.4 Å². The molecule has 0 radical (unpaired) electrons. The molecule has 9 heteroatoms. The molecule has 3 aromatic rings. The van der Waals surface area contributed by atoms with Gasteiger partial charge in [-0.3, -0.25) is 13.9 Å². The van der Waals surface area contributed by atoms with Gasteiger partial charge in [0.1, 0.15) is 18.3 Å². The van der Waals surface area contributed by atoms with Gasteiger partial charge in [-0.15, -0.1) is 0 Å². The first kappa shape index (κ1) is 25.8. The number of nitrogens with one attached hydrogen (secondary N) is 1. The number of ether oxygens (including phenoxy) is 1. The van der Waals surface area contributed by atoms with E-state index in [1.165, 1.54) is 24.1 Å². The number of hydrogen-bond acceptors (Lipinski definition) is 5. The first-order valence-corrected chi connectivity index (χ1v) is 12.5. The molecule has 1 atom stereocenters. The highest BCUT2D eigenvalue weighted by Gasteiger charge is 2.32. The predicted octanol–water partition coefficient (Wildman–Crippen LogP) is 3.05. The molecule has 35 heavy (non-hydrogen) atoms. The van der Waals surface area contributed by atoms with Gasteiger partial charge in [0.15, 0.2) is 0 Å². The molecule has 0 bridgehead atoms. The Balaban J connectivity index is 1.97. The molecule has 3 aromatic carbocycles. The number of sulfonamides is 1. The Kier molecular flexibility index (Phi) is 8.48. The molecule has 0 heterocycles. The van der Waals surface area contributed by atoms with Crippen LogP contribution in [-0.2, 0) is 26.2 Å². The summed E-state index contributed by atoms with van der Waals surface area (Å²) in [4.78, 5) is 27.5. The molecule has 2 amide bonds. The Labute approximate surface area is 206 Å². The van der Waals surface area contributed by atoms with Crippen molar-refractivity contribution in [3.63, 3.8) is 0 Å². The van der Waals surface area contributed by atoms with Gasteiger partial charge in [0.25, 0.3) is 10.0 Å². The maximum atomic E-state index is 13.6. The summed E-state index contributed by atoms with van der Waals surface area (Å²) >= 11 is 0. The molecular formula is C26H29N3O5S. The molecule has 1 N–H and O–H groups in total. The lowest BCUT2D eigenvalue weighted by Gasteiger charge is -2.31. The maximum Gasteiger partial charge on any atom is 0.264 e. The zero-order chi connectivity index (χ0) is 25.4. The quantitative estimate of drug-likeness (QED) is 0.466. The molecule has 0 unspecified atom stereocenters. The first-order chi connectivity index (χ1) is 16.8. The average Bonchev–Trinajstić information content (AvgIpc) is 2.90. The van der Waals surface area contributed by atoms with Crippen LogP contribution in [0, 0.1) is 0 Å². The summed E-state index contributed by atoms with van der Waals surface area (Å²) in [6.07, 6.45) is 0. The van der Waals surface area contributed by atoms with E-state index in [1.807, 2.05) is 0 Å². The number of likely N-dealkylation sites (N-methyl/N-ethyl adjacent to an activating group) is 1. The fraction of sp³-hybridized carbons (Fsp3) is 0.231. The van der Waals surface area contributed by atoms with Crippen molar-refractivity contribution in [2.75, 3.05) is 25.0 Å². The van der Waals surface area contributed by atoms with Gasteiger partial charge in [-0.2, -0.15) is 0 Å². The normalized spacial score (nSPS) is 11.9. The van der Waals surface area contributed by atoms with Crippen molar-refractivity contribution in [1.29, 1.82) is 0 Å². The molecule has 0 aliphatic carbocycles. The number of carbonyl (C=O) groups excluding carboxylic acids is 2. The summed E-state index contributed by atoms with van der Waals surface area (Å²) in [5.74, 6) is -0.209. The van der Waals surface area contributed by atoms with E-state index in [4.69, 9.17) is 4.74 Å². The molecule has 0 saturated heterocycles. The van der Waals surface area contributed by atoms with Crippen LogP contribution in [0.15, 0.2) is 89.8 Å². The smallest absolute Gasteiger partial charge is 0.264 e. The molecule has 3 rings (SSSR count). The summed E-state index contributed by atoms with van der Waals surface area (Å²) in [7, 11) is -0.997. The Morgan fingerprint density at radius 2 is 1.49 bits per heavy atom. The van der Waals surface area contributed by atoms with Crippen LogP contribution in [0.2, 0.25) is 0 Å². The highest BCUT2D eigenvalue weighted by molar-refractivity contribution is 7.92. The topological polar surface area (TPSA) is 96.0 Å². The van der Waals surface area contributed by atoms with Crippen LogP contribution in [0.4, 0.5) is 5.69 Å². The van der Waals surface area contributed by atoms with Crippen molar-refractivity contribution in [3.8, 4) is 5.75 Å². The van der Waals surface area contributed by atoms with E-state index in [2.05, 4.69) is 5.32 Å². The van der Waals surface area contributed by atoms with Crippen LogP contribution >= 0.6 is 0 Å². The molecule has 0 fully saturated rings. The largest absolute Gasteiger partial charge is 0.497 e. The van der Waals surface area contributed by atoms with Gasteiger partial charge in [-0.05, 0) is 48.9 Å². The molecule has 184 valence electrons. The number of anilines is 1. The second-order valence-corrected chi connectivity index (χ2v) is 9.68. The van der Waals surface area contributed by atoms with E-state index in [9.17, 15) is 18.0 Å². The molecule has 0 spiro atoms. The van der Waals surface area contributed by atoms with Gasteiger partial charge in [0.05, 0.1) is 17.7 Å². The molecule has 0 aromatic heterocycles. The van der Waals surface area contributed by atoms with Crippen molar-refractivity contribution in [1.82, 2.24) is 10.2 Å². The lowest BCUT2D eigenvalue weighted by Crippen LogP contribution is -2.50. The highest BCUT2D eigenvalue weighted by Crippen LogP contribution is 2.24. The summed E-state index contributed by atoms with van der Waals surface area (Å²) in [6, 6.07) is 22.7. The van der Waals surface area contributed by atoms with Crippen molar-refractivity contribution in [2.24, 2.45) is 0 Å². The van der Waals surface area contributed by atoms with Crippen LogP contribution in [0.5, 0.6) is 5.75 Å². The van der Waals surface area contributed by atoms with Gasteiger partial charge in [0, 0.05) is 13.6 Å². The van der Waals surface area contributed by atoms with Gasteiger partial charge in [0.2, 0.25) is 11.8 Å². The minimum atomic E-state index is -4.05. The van der Waals surface area contributed by atoms with E-state index in [0.717, 1.165) is 9.87 Å². The Morgan fingerprint density at radius 3 is 2.03 bits per heavy atom. The van der Waals surface area contributed by atoms with E-state index in [1.54, 1.807) is 86.8 Å². The third-order valence-corrected chi connectivity index (χ3v) is 7.37. The second-order valence-electron chi connectivity index (χ2n) is 7.82. The van der Waals surface area contributed by atoms with Gasteiger partial charge in [-0.1, -0.05) is 48.5 Å². The van der Waals surface area contributed by atoms with E-state index >= 15 is 0 Å². The second kappa shape index (κ2) is 11.5. The van der Waals surface area contributed by atoms with Crippen molar-refractivity contribution < 1.29 is 22.7 Å². The summed E-state index contributed by atoms with van der Waals surface area (Å²) in [5, 5.41) is 2.56. The monoisotopic (exact) mass is 495 g/mol. The number of carbonyl (C=O) groups is 2. The van der Waals surface area contributed by atoms with Crippen molar-refractivity contribution >= 4 is 27.5 Å². The Hall–Kier alpha value is -3.85. The number of rotatable bonds is 10. The molecule has 8 nitrogen and oxygen atoms in total. The van der Waals surface area contributed by atoms with Crippen molar-refractivity contribution in [3.05, 3.63) is 90.5 Å². The predicted molar refractivity (Wildman–Crippen MR) is 134 cm³/mol. The summed E-state index contributed by atoms with van der Waals surface area (Å²) in [5.41, 5.74) is 1.12. The minimum absolute atomic E-state index is 0.0673. The van der Waals surface area contributed by atoms with Gasteiger partial charge >= 0.3 is 0 Å². The van der Waals surface area contributed by atoms with E-state index in [-0.39, 0.29) is 17.3 Å². The zero-order valence-corrected chi connectivity index (χ0v) is 20.7. The number of para-hydroxylation sites is 1. The average molecular weight is 496 g/mol. The fourth-order valence-electron chi connectivity index (χ4n) is 3.56. The Morgan fingerprint density at radius 1 is 0.914 bits per heavy atom. The standard InChI is InChI=1S/C26H29N3O5S/c1-20(26(31)27-2)28(18-21-14-16-23(34-3)17-15-21)25(30)19-29(22-10-6-4-7-11-22)35(32,33)24-12-8-5-9-13-24/h4-17,20H,18-19H2,1-3H3,(H,27,31)/t20-/m1/s1. The van der Waals surface area contributed by atoms with Crippen LogP contribution in [-0.4, -0.2) is 51.9 Å². The fourth-order valence-corrected chi connectivity index (χ4v) is 5.00. The third-order valence-electron chi connectivity index (χ3n) is 5.58. The third kappa shape index (κ3) is 6.19. The first-order valence-electron chi connectivity index (χ1n) is 11.0. The summed E-state index contributed by atoms with van der Waals surface area (Å²) < 4.78 is 33.3. The van der Waals surface area contributed by atoms with Crippen LogP contribution in [0.25, 0.3) is 0 Å². The zero-order valence-electron chi connectivity index (χ0n) is 19.9. The number of amides is 2. The van der Waals surface area contributed by atoms with Crippen LogP contribution < -0.4 is 14.4 Å². The van der Waals surface area contributed by atoms with E-state index < -0.39 is 28.5 Å². The molecule has 0 saturated carbocycles. The maximum absolute atomic E-state index is 13.6.